The number of carboxylic acid groups (broad SMARTS) is 1. The third kappa shape index (κ3) is 2.29. The van der Waals surface area contributed by atoms with Crippen molar-refractivity contribution in [1.82, 2.24) is 10.2 Å². The van der Waals surface area contributed by atoms with E-state index in [0.717, 1.165) is 25.8 Å². The monoisotopic (exact) mass is 240 g/mol. The second kappa shape index (κ2) is 4.64. The Hall–Kier alpha value is -1.10. The number of nitrogens with one attached hydrogen (secondary N) is 1. The summed E-state index contributed by atoms with van der Waals surface area (Å²) in [6, 6.07) is -0.610. The Morgan fingerprint density at radius 2 is 2.18 bits per heavy atom. The van der Waals surface area contributed by atoms with Gasteiger partial charge in [-0.3, -0.25) is 4.79 Å². The van der Waals surface area contributed by atoms with E-state index in [1.54, 1.807) is 4.90 Å². The number of hydrogen-bond donors (Lipinski definition) is 2. The van der Waals surface area contributed by atoms with Crippen molar-refractivity contribution in [3.8, 4) is 0 Å². The average molecular weight is 240 g/mol. The lowest BCUT2D eigenvalue weighted by atomic mass is 9.81. The van der Waals surface area contributed by atoms with E-state index in [4.69, 9.17) is 5.11 Å². The van der Waals surface area contributed by atoms with Gasteiger partial charge in [0.25, 0.3) is 0 Å². The first-order valence-corrected chi connectivity index (χ1v) is 6.29. The minimum atomic E-state index is -0.872. The second-order valence-electron chi connectivity index (χ2n) is 5.34. The van der Waals surface area contributed by atoms with Crippen molar-refractivity contribution >= 4 is 11.9 Å². The largest absolute Gasteiger partial charge is 0.480 e. The molecule has 0 aromatic carbocycles. The molecule has 2 aliphatic rings. The quantitative estimate of drug-likeness (QED) is 0.735. The van der Waals surface area contributed by atoms with Crippen molar-refractivity contribution in [1.29, 1.82) is 0 Å². The zero-order chi connectivity index (χ0) is 12.5. The van der Waals surface area contributed by atoms with Gasteiger partial charge in [0.1, 0.15) is 6.04 Å². The SMILES string of the molecule is CC1(C(=O)N2CCCC2C(=O)O)CCCNC1. The van der Waals surface area contributed by atoms with Crippen LogP contribution in [0.15, 0.2) is 0 Å². The fourth-order valence-corrected chi connectivity index (χ4v) is 2.85. The topological polar surface area (TPSA) is 69.6 Å². The fourth-order valence-electron chi connectivity index (χ4n) is 2.85. The molecule has 0 aliphatic carbocycles. The van der Waals surface area contributed by atoms with E-state index in [9.17, 15) is 9.59 Å². The van der Waals surface area contributed by atoms with Crippen LogP contribution in [0, 0.1) is 5.41 Å². The molecule has 96 valence electrons. The molecule has 2 rings (SSSR count). The minimum absolute atomic E-state index is 0.00889. The van der Waals surface area contributed by atoms with Gasteiger partial charge in [-0.05, 0) is 39.2 Å². The zero-order valence-electron chi connectivity index (χ0n) is 10.2. The predicted octanol–water partition coefficient (Wildman–Crippen LogP) is 0.452. The van der Waals surface area contributed by atoms with Gasteiger partial charge in [0.2, 0.25) is 5.91 Å². The predicted molar refractivity (Wildman–Crippen MR) is 62.6 cm³/mol. The number of carbonyl (C=O) groups is 2. The molecule has 2 atom stereocenters. The second-order valence-corrected chi connectivity index (χ2v) is 5.34. The number of nitrogens with zero attached hydrogens (tertiary/aromatic N) is 1. The van der Waals surface area contributed by atoms with Crippen LogP contribution in [0.2, 0.25) is 0 Å². The summed E-state index contributed by atoms with van der Waals surface area (Å²) in [7, 11) is 0. The van der Waals surface area contributed by atoms with Crippen molar-refractivity contribution < 1.29 is 14.7 Å². The molecule has 17 heavy (non-hydrogen) atoms. The third-order valence-corrected chi connectivity index (χ3v) is 3.91. The Morgan fingerprint density at radius 3 is 2.76 bits per heavy atom. The fraction of sp³-hybridized carbons (Fsp3) is 0.833. The maximum atomic E-state index is 12.5. The van der Waals surface area contributed by atoms with Crippen molar-refractivity contribution in [3.63, 3.8) is 0 Å². The molecule has 2 unspecified atom stereocenters. The summed E-state index contributed by atoms with van der Waals surface area (Å²) >= 11 is 0. The number of aliphatic carboxylic acids is 1. The highest BCUT2D eigenvalue weighted by Gasteiger charge is 2.43. The molecule has 0 aromatic heterocycles. The van der Waals surface area contributed by atoms with Gasteiger partial charge in [0.05, 0.1) is 5.41 Å². The van der Waals surface area contributed by atoms with Gasteiger partial charge in [-0.25, -0.2) is 4.79 Å². The molecule has 2 N–H and O–H groups in total. The van der Waals surface area contributed by atoms with E-state index in [1.165, 1.54) is 0 Å². The highest BCUT2D eigenvalue weighted by Crippen LogP contribution is 2.31. The lowest BCUT2D eigenvalue weighted by Gasteiger charge is -2.37. The molecule has 2 aliphatic heterocycles. The number of amides is 1. The highest BCUT2D eigenvalue weighted by atomic mass is 16.4. The van der Waals surface area contributed by atoms with Crippen molar-refractivity contribution in [2.45, 2.75) is 38.6 Å². The Labute approximate surface area is 101 Å². The maximum Gasteiger partial charge on any atom is 0.326 e. The van der Waals surface area contributed by atoms with Gasteiger partial charge in [0.15, 0.2) is 0 Å². The van der Waals surface area contributed by atoms with Gasteiger partial charge in [-0.2, -0.15) is 0 Å². The zero-order valence-corrected chi connectivity index (χ0v) is 10.2. The van der Waals surface area contributed by atoms with Crippen LogP contribution in [0.1, 0.15) is 32.6 Å². The summed E-state index contributed by atoms with van der Waals surface area (Å²) in [5, 5.41) is 12.3. The number of piperidine rings is 1. The smallest absolute Gasteiger partial charge is 0.326 e. The van der Waals surface area contributed by atoms with Crippen molar-refractivity contribution in [2.24, 2.45) is 5.41 Å². The molecular weight excluding hydrogens is 220 g/mol. The van der Waals surface area contributed by atoms with Crippen LogP contribution in [0.5, 0.6) is 0 Å². The van der Waals surface area contributed by atoms with Gasteiger partial charge < -0.3 is 15.3 Å². The first-order valence-electron chi connectivity index (χ1n) is 6.29. The van der Waals surface area contributed by atoms with Crippen LogP contribution in [-0.4, -0.2) is 47.6 Å². The molecule has 0 aromatic rings. The van der Waals surface area contributed by atoms with Gasteiger partial charge in [-0.1, -0.05) is 0 Å². The standard InChI is InChI=1S/C12H20N2O3/c1-12(5-3-6-13-8-12)11(17)14-7-2-4-9(14)10(15)16/h9,13H,2-8H2,1H3,(H,15,16). The average Bonchev–Trinajstić information content (AvgIpc) is 2.77. The lowest BCUT2D eigenvalue weighted by molar-refractivity contribution is -0.153. The van der Waals surface area contributed by atoms with E-state index in [-0.39, 0.29) is 5.91 Å². The molecular formula is C12H20N2O3. The summed E-state index contributed by atoms with van der Waals surface area (Å²) in [4.78, 5) is 25.1. The van der Waals surface area contributed by atoms with Crippen LogP contribution >= 0.6 is 0 Å². The Morgan fingerprint density at radius 1 is 1.41 bits per heavy atom. The van der Waals surface area contributed by atoms with Gasteiger partial charge in [-0.15, -0.1) is 0 Å². The van der Waals surface area contributed by atoms with Crippen LogP contribution in [0.4, 0.5) is 0 Å². The number of likely N-dealkylation sites (tertiary alicyclic amines) is 1. The summed E-state index contributed by atoms with van der Waals surface area (Å²) < 4.78 is 0. The molecule has 0 spiro atoms. The first kappa shape index (κ1) is 12.4. The lowest BCUT2D eigenvalue weighted by Crippen LogP contribution is -2.52. The van der Waals surface area contributed by atoms with Gasteiger partial charge in [0, 0.05) is 13.1 Å². The van der Waals surface area contributed by atoms with Crippen molar-refractivity contribution in [3.05, 3.63) is 0 Å². The molecule has 5 nitrogen and oxygen atoms in total. The molecule has 0 bridgehead atoms. The number of carbonyl (C=O) groups excluding carboxylic acids is 1. The van der Waals surface area contributed by atoms with Crippen LogP contribution < -0.4 is 5.32 Å². The van der Waals surface area contributed by atoms with E-state index in [2.05, 4.69) is 5.32 Å². The van der Waals surface area contributed by atoms with Gasteiger partial charge >= 0.3 is 5.97 Å². The Kier molecular flexibility index (Phi) is 3.38. The van der Waals surface area contributed by atoms with E-state index >= 15 is 0 Å². The van der Waals surface area contributed by atoms with E-state index in [1.807, 2.05) is 6.92 Å². The Balaban J connectivity index is 2.10. The first-order chi connectivity index (χ1) is 8.04. The maximum absolute atomic E-state index is 12.5. The summed E-state index contributed by atoms with van der Waals surface area (Å²) in [6.45, 7) is 4.14. The van der Waals surface area contributed by atoms with Crippen molar-refractivity contribution in [2.75, 3.05) is 19.6 Å². The highest BCUT2D eigenvalue weighted by molar-refractivity contribution is 5.88. The molecule has 0 saturated carbocycles. The summed E-state index contributed by atoms with van der Waals surface area (Å²) in [5.74, 6) is -0.863. The third-order valence-electron chi connectivity index (χ3n) is 3.91. The van der Waals surface area contributed by atoms with E-state index < -0.39 is 17.4 Å². The molecule has 1 amide bonds. The molecule has 5 heteroatoms. The molecule has 2 fully saturated rings. The molecule has 0 radical (unpaired) electrons. The summed E-state index contributed by atoms with van der Waals surface area (Å²) in [5.41, 5.74) is -0.420. The Bertz CT molecular complexity index is 324. The number of rotatable bonds is 2. The normalized spacial score (nSPS) is 33.7. The molecule has 2 heterocycles. The van der Waals surface area contributed by atoms with Crippen LogP contribution in [0.25, 0.3) is 0 Å². The number of hydrogen-bond acceptors (Lipinski definition) is 3. The van der Waals surface area contributed by atoms with E-state index in [0.29, 0.717) is 19.5 Å². The van der Waals surface area contributed by atoms with Crippen LogP contribution in [0.3, 0.4) is 0 Å². The molecule has 2 saturated heterocycles. The summed E-state index contributed by atoms with van der Waals surface area (Å²) in [6.07, 6.45) is 3.21. The number of carboxylic acids is 1. The minimum Gasteiger partial charge on any atom is -0.480 e. The van der Waals surface area contributed by atoms with Crippen LogP contribution in [-0.2, 0) is 9.59 Å².